The molecule has 0 fully saturated rings. The SMILES string of the molecule is Cc1nc2cc(NC(=O)c3ccc4nc[nH]c4c3)ccc2o1. The lowest BCUT2D eigenvalue weighted by Gasteiger charge is -2.05. The van der Waals surface area contributed by atoms with Crippen molar-refractivity contribution in [1.29, 1.82) is 0 Å². The average molecular weight is 292 g/mol. The molecule has 4 aromatic rings. The molecule has 4 rings (SSSR count). The van der Waals surface area contributed by atoms with Gasteiger partial charge in [-0.1, -0.05) is 0 Å². The number of amides is 1. The normalized spacial score (nSPS) is 11.1. The Labute approximate surface area is 125 Å². The van der Waals surface area contributed by atoms with Gasteiger partial charge in [-0.25, -0.2) is 9.97 Å². The van der Waals surface area contributed by atoms with E-state index >= 15 is 0 Å². The van der Waals surface area contributed by atoms with E-state index in [-0.39, 0.29) is 5.91 Å². The molecule has 0 bridgehead atoms. The van der Waals surface area contributed by atoms with Gasteiger partial charge in [0.05, 0.1) is 17.4 Å². The first-order valence-electron chi connectivity index (χ1n) is 6.81. The third-order valence-electron chi connectivity index (χ3n) is 3.43. The van der Waals surface area contributed by atoms with Crippen molar-refractivity contribution in [2.24, 2.45) is 0 Å². The summed E-state index contributed by atoms with van der Waals surface area (Å²) in [6.45, 7) is 1.79. The van der Waals surface area contributed by atoms with Crippen LogP contribution < -0.4 is 5.32 Å². The van der Waals surface area contributed by atoms with Crippen molar-refractivity contribution >= 4 is 33.7 Å². The fourth-order valence-electron chi connectivity index (χ4n) is 2.40. The lowest BCUT2D eigenvalue weighted by Crippen LogP contribution is -2.11. The van der Waals surface area contributed by atoms with Crippen LogP contribution in [0.15, 0.2) is 47.1 Å². The van der Waals surface area contributed by atoms with Crippen LogP contribution in [-0.2, 0) is 0 Å². The number of carbonyl (C=O) groups excluding carboxylic acids is 1. The number of hydrogen-bond acceptors (Lipinski definition) is 4. The highest BCUT2D eigenvalue weighted by atomic mass is 16.3. The average Bonchev–Trinajstić information content (AvgIpc) is 3.10. The largest absolute Gasteiger partial charge is 0.441 e. The summed E-state index contributed by atoms with van der Waals surface area (Å²) in [5, 5.41) is 2.86. The first-order chi connectivity index (χ1) is 10.7. The number of benzene rings is 2. The summed E-state index contributed by atoms with van der Waals surface area (Å²) in [7, 11) is 0. The Bertz CT molecular complexity index is 1000. The van der Waals surface area contributed by atoms with Gasteiger partial charge >= 0.3 is 0 Å². The molecule has 2 N–H and O–H groups in total. The number of oxazole rings is 1. The van der Waals surface area contributed by atoms with Gasteiger partial charge in [0.15, 0.2) is 11.5 Å². The minimum Gasteiger partial charge on any atom is -0.441 e. The van der Waals surface area contributed by atoms with E-state index in [0.29, 0.717) is 22.7 Å². The van der Waals surface area contributed by atoms with Gasteiger partial charge in [0.25, 0.3) is 5.91 Å². The third kappa shape index (κ3) is 2.10. The van der Waals surface area contributed by atoms with Gasteiger partial charge in [-0.05, 0) is 36.4 Å². The quantitative estimate of drug-likeness (QED) is 0.594. The second-order valence-electron chi connectivity index (χ2n) is 5.00. The first kappa shape index (κ1) is 12.6. The molecule has 6 heteroatoms. The van der Waals surface area contributed by atoms with Crippen LogP contribution in [0.1, 0.15) is 16.2 Å². The molecular weight excluding hydrogens is 280 g/mol. The zero-order chi connectivity index (χ0) is 15.1. The van der Waals surface area contributed by atoms with Gasteiger partial charge in [0.2, 0.25) is 0 Å². The third-order valence-corrected chi connectivity index (χ3v) is 3.43. The summed E-state index contributed by atoms with van der Waals surface area (Å²) in [5.41, 5.74) is 4.32. The molecule has 0 atom stereocenters. The standard InChI is InChI=1S/C16H12N4O2/c1-9-19-14-7-11(3-5-15(14)22-9)20-16(21)10-2-4-12-13(6-10)18-8-17-12/h2-8H,1H3,(H,17,18)(H,20,21). The highest BCUT2D eigenvalue weighted by molar-refractivity contribution is 6.06. The molecule has 2 aromatic heterocycles. The molecule has 2 heterocycles. The van der Waals surface area contributed by atoms with Crippen LogP contribution in [0.2, 0.25) is 0 Å². The Balaban J connectivity index is 1.64. The van der Waals surface area contributed by atoms with E-state index in [0.717, 1.165) is 16.6 Å². The molecule has 2 aromatic carbocycles. The van der Waals surface area contributed by atoms with Crippen molar-refractivity contribution in [3.05, 3.63) is 54.2 Å². The Kier molecular flexibility index (Phi) is 2.69. The van der Waals surface area contributed by atoms with E-state index < -0.39 is 0 Å². The maximum absolute atomic E-state index is 12.3. The topological polar surface area (TPSA) is 83.8 Å². The molecular formula is C16H12N4O2. The predicted octanol–water partition coefficient (Wildman–Crippen LogP) is 3.26. The van der Waals surface area contributed by atoms with Crippen LogP contribution in [0.25, 0.3) is 22.1 Å². The van der Waals surface area contributed by atoms with E-state index in [1.807, 2.05) is 6.07 Å². The minimum absolute atomic E-state index is 0.184. The molecule has 0 radical (unpaired) electrons. The molecule has 0 spiro atoms. The summed E-state index contributed by atoms with van der Waals surface area (Å²) >= 11 is 0. The minimum atomic E-state index is -0.184. The van der Waals surface area contributed by atoms with Crippen LogP contribution in [-0.4, -0.2) is 20.9 Å². The molecule has 0 unspecified atom stereocenters. The monoisotopic (exact) mass is 292 g/mol. The number of aryl methyl sites for hydroxylation is 1. The highest BCUT2D eigenvalue weighted by Gasteiger charge is 2.09. The van der Waals surface area contributed by atoms with Crippen LogP contribution >= 0.6 is 0 Å². The zero-order valence-electron chi connectivity index (χ0n) is 11.8. The molecule has 0 saturated carbocycles. The maximum atomic E-state index is 12.3. The number of imidazole rings is 1. The Morgan fingerprint density at radius 2 is 2.09 bits per heavy atom. The first-order valence-corrected chi connectivity index (χ1v) is 6.81. The van der Waals surface area contributed by atoms with Gasteiger partial charge in [-0.2, -0.15) is 0 Å². The number of H-pyrrole nitrogens is 1. The molecule has 0 saturated heterocycles. The molecule has 108 valence electrons. The van der Waals surface area contributed by atoms with E-state index in [9.17, 15) is 4.79 Å². The van der Waals surface area contributed by atoms with Crippen LogP contribution in [0.4, 0.5) is 5.69 Å². The fraction of sp³-hybridized carbons (Fsp3) is 0.0625. The van der Waals surface area contributed by atoms with Gasteiger partial charge in [0.1, 0.15) is 5.52 Å². The van der Waals surface area contributed by atoms with Gasteiger partial charge in [-0.15, -0.1) is 0 Å². The van der Waals surface area contributed by atoms with E-state index in [1.54, 1.807) is 43.6 Å². The van der Waals surface area contributed by atoms with E-state index in [2.05, 4.69) is 20.3 Å². The number of anilines is 1. The predicted molar refractivity (Wildman–Crippen MR) is 82.8 cm³/mol. The summed E-state index contributed by atoms with van der Waals surface area (Å²) < 4.78 is 5.42. The lowest BCUT2D eigenvalue weighted by atomic mass is 10.2. The highest BCUT2D eigenvalue weighted by Crippen LogP contribution is 2.20. The summed E-state index contributed by atoms with van der Waals surface area (Å²) in [6.07, 6.45) is 1.60. The molecule has 1 amide bonds. The van der Waals surface area contributed by atoms with Crippen molar-refractivity contribution < 1.29 is 9.21 Å². The van der Waals surface area contributed by atoms with Crippen molar-refractivity contribution in [1.82, 2.24) is 15.0 Å². The maximum Gasteiger partial charge on any atom is 0.255 e. The summed E-state index contributed by atoms with van der Waals surface area (Å²) in [4.78, 5) is 23.7. The smallest absolute Gasteiger partial charge is 0.255 e. The Morgan fingerprint density at radius 3 is 3.00 bits per heavy atom. The van der Waals surface area contributed by atoms with Crippen LogP contribution in [0.5, 0.6) is 0 Å². The second kappa shape index (κ2) is 4.70. The molecule has 22 heavy (non-hydrogen) atoms. The number of nitrogens with one attached hydrogen (secondary N) is 2. The number of rotatable bonds is 2. The van der Waals surface area contributed by atoms with Gasteiger partial charge in [-0.3, -0.25) is 4.79 Å². The number of nitrogens with zero attached hydrogens (tertiary/aromatic N) is 2. The molecule has 0 aliphatic carbocycles. The summed E-state index contributed by atoms with van der Waals surface area (Å²) in [5.74, 6) is 0.416. The molecule has 0 aliphatic rings. The number of aromatic nitrogens is 3. The van der Waals surface area contributed by atoms with E-state index in [1.165, 1.54) is 0 Å². The van der Waals surface area contributed by atoms with Crippen molar-refractivity contribution in [3.8, 4) is 0 Å². The van der Waals surface area contributed by atoms with Crippen molar-refractivity contribution in [2.75, 3.05) is 5.32 Å². The zero-order valence-corrected chi connectivity index (χ0v) is 11.8. The van der Waals surface area contributed by atoms with Crippen LogP contribution in [0, 0.1) is 6.92 Å². The summed E-state index contributed by atoms with van der Waals surface area (Å²) in [6, 6.07) is 10.7. The number of carbonyl (C=O) groups is 1. The Morgan fingerprint density at radius 1 is 1.18 bits per heavy atom. The van der Waals surface area contributed by atoms with E-state index in [4.69, 9.17) is 4.42 Å². The van der Waals surface area contributed by atoms with Gasteiger partial charge in [0, 0.05) is 18.2 Å². The molecule has 0 aliphatic heterocycles. The van der Waals surface area contributed by atoms with Crippen molar-refractivity contribution in [3.63, 3.8) is 0 Å². The van der Waals surface area contributed by atoms with Gasteiger partial charge < -0.3 is 14.7 Å². The Hall–Kier alpha value is -3.15. The second-order valence-corrected chi connectivity index (χ2v) is 5.00. The number of aromatic amines is 1. The van der Waals surface area contributed by atoms with Crippen LogP contribution in [0.3, 0.4) is 0 Å². The molecule has 6 nitrogen and oxygen atoms in total. The number of fused-ring (bicyclic) bond motifs is 2. The lowest BCUT2D eigenvalue weighted by molar-refractivity contribution is 0.102. The van der Waals surface area contributed by atoms with Crippen molar-refractivity contribution in [2.45, 2.75) is 6.92 Å². The number of hydrogen-bond donors (Lipinski definition) is 2. The fourth-order valence-corrected chi connectivity index (χ4v) is 2.40.